The summed E-state index contributed by atoms with van der Waals surface area (Å²) in [6, 6.07) is 5.22. The highest BCUT2D eigenvalue weighted by molar-refractivity contribution is 5.75. The van der Waals surface area contributed by atoms with Gasteiger partial charge in [-0.2, -0.15) is 0 Å². The number of carbonyl (C=O) groups is 2. The maximum atomic E-state index is 11.9. The molecule has 0 saturated heterocycles. The predicted molar refractivity (Wildman–Crippen MR) is 73.9 cm³/mol. The van der Waals surface area contributed by atoms with Gasteiger partial charge in [0.2, 0.25) is 5.91 Å². The Bertz CT molecular complexity index is 704. The summed E-state index contributed by atoms with van der Waals surface area (Å²) in [5.41, 5.74) is 0.244. The molecule has 0 radical (unpaired) electrons. The van der Waals surface area contributed by atoms with Gasteiger partial charge in [-0.1, -0.05) is 6.07 Å². The van der Waals surface area contributed by atoms with Crippen LogP contribution in [-0.4, -0.2) is 37.7 Å². The maximum absolute atomic E-state index is 11.9. The monoisotopic (exact) mass is 292 g/mol. The minimum absolute atomic E-state index is 0.0200. The van der Waals surface area contributed by atoms with Gasteiger partial charge in [0, 0.05) is 25.6 Å². The molecule has 2 aromatic heterocycles. The topological polar surface area (TPSA) is 106 Å². The van der Waals surface area contributed by atoms with Gasteiger partial charge in [0.15, 0.2) is 5.65 Å². The van der Waals surface area contributed by atoms with Gasteiger partial charge in [-0.25, -0.2) is 9.48 Å². The van der Waals surface area contributed by atoms with Crippen LogP contribution in [0.25, 0.3) is 5.65 Å². The van der Waals surface area contributed by atoms with Crippen LogP contribution in [0.4, 0.5) is 0 Å². The molecule has 112 valence electrons. The van der Waals surface area contributed by atoms with Crippen molar-refractivity contribution in [2.24, 2.45) is 0 Å². The standard InChI is InChI=1S/C13H16N4O4/c18-11(14-7-3-5-12(19)20)6-9-17-13(21)16-8-2-1-4-10(16)15-17/h1-2,4,8H,3,5-7,9H2,(H,14,18)(H,19,20). The van der Waals surface area contributed by atoms with E-state index in [9.17, 15) is 14.4 Å². The number of aryl methyl sites for hydroxylation is 1. The molecule has 8 nitrogen and oxygen atoms in total. The molecule has 0 aliphatic rings. The zero-order valence-corrected chi connectivity index (χ0v) is 11.4. The Morgan fingerprint density at radius 1 is 1.29 bits per heavy atom. The molecule has 21 heavy (non-hydrogen) atoms. The van der Waals surface area contributed by atoms with Crippen molar-refractivity contribution in [1.29, 1.82) is 0 Å². The quantitative estimate of drug-likeness (QED) is 0.691. The van der Waals surface area contributed by atoms with Gasteiger partial charge in [-0.15, -0.1) is 5.10 Å². The zero-order chi connectivity index (χ0) is 15.2. The van der Waals surface area contributed by atoms with Crippen LogP contribution in [0.5, 0.6) is 0 Å². The maximum Gasteiger partial charge on any atom is 0.350 e. The number of pyridine rings is 1. The smallest absolute Gasteiger partial charge is 0.350 e. The minimum atomic E-state index is -0.888. The summed E-state index contributed by atoms with van der Waals surface area (Å²) in [6.45, 7) is 0.497. The van der Waals surface area contributed by atoms with E-state index >= 15 is 0 Å². The number of carboxylic acid groups (broad SMARTS) is 1. The first-order chi connectivity index (χ1) is 10.1. The predicted octanol–water partition coefficient (Wildman–Crippen LogP) is -0.133. The number of nitrogens with one attached hydrogen (secondary N) is 1. The van der Waals surface area contributed by atoms with Crippen LogP contribution in [0.3, 0.4) is 0 Å². The van der Waals surface area contributed by atoms with Gasteiger partial charge in [0.1, 0.15) is 0 Å². The lowest BCUT2D eigenvalue weighted by Gasteiger charge is -2.03. The van der Waals surface area contributed by atoms with E-state index in [1.165, 1.54) is 9.08 Å². The fraction of sp³-hybridized carbons (Fsp3) is 0.385. The molecule has 0 bridgehead atoms. The third kappa shape index (κ3) is 3.91. The lowest BCUT2D eigenvalue weighted by atomic mass is 10.3. The summed E-state index contributed by atoms with van der Waals surface area (Å²) in [5, 5.41) is 15.2. The molecule has 0 unspecified atom stereocenters. The number of rotatable bonds is 7. The second-order valence-electron chi connectivity index (χ2n) is 4.53. The number of aliphatic carboxylic acids is 1. The molecule has 1 amide bonds. The number of carbonyl (C=O) groups excluding carboxylic acids is 1. The highest BCUT2D eigenvalue weighted by atomic mass is 16.4. The van der Waals surface area contributed by atoms with Gasteiger partial charge >= 0.3 is 11.7 Å². The van der Waals surface area contributed by atoms with E-state index in [4.69, 9.17) is 5.11 Å². The van der Waals surface area contributed by atoms with Crippen molar-refractivity contribution in [2.45, 2.75) is 25.8 Å². The number of aromatic nitrogens is 3. The summed E-state index contributed by atoms with van der Waals surface area (Å²) < 4.78 is 2.65. The van der Waals surface area contributed by atoms with Gasteiger partial charge in [-0.05, 0) is 18.6 Å². The van der Waals surface area contributed by atoms with E-state index < -0.39 is 5.97 Å². The SMILES string of the molecule is O=C(O)CCCNC(=O)CCn1nc2ccccn2c1=O. The Labute approximate surface area is 120 Å². The number of carboxylic acids is 1. The molecule has 2 N–H and O–H groups in total. The summed E-state index contributed by atoms with van der Waals surface area (Å²) in [7, 11) is 0. The molecule has 8 heteroatoms. The second-order valence-corrected chi connectivity index (χ2v) is 4.53. The van der Waals surface area contributed by atoms with Gasteiger partial charge in [-0.3, -0.25) is 14.0 Å². The third-order valence-electron chi connectivity index (χ3n) is 2.93. The molecular weight excluding hydrogens is 276 g/mol. The first-order valence-corrected chi connectivity index (χ1v) is 6.60. The molecule has 0 atom stereocenters. The highest BCUT2D eigenvalue weighted by Crippen LogP contribution is 1.96. The van der Waals surface area contributed by atoms with Crippen molar-refractivity contribution < 1.29 is 14.7 Å². The summed E-state index contributed by atoms with van der Waals surface area (Å²) in [4.78, 5) is 33.8. The molecule has 0 aliphatic heterocycles. The number of hydrogen-bond donors (Lipinski definition) is 2. The van der Waals surface area contributed by atoms with Crippen LogP contribution < -0.4 is 11.0 Å². The Morgan fingerprint density at radius 3 is 2.81 bits per heavy atom. The summed E-state index contributed by atoms with van der Waals surface area (Å²) >= 11 is 0. The number of hydrogen-bond acceptors (Lipinski definition) is 4. The molecule has 0 spiro atoms. The normalized spacial score (nSPS) is 10.7. The second kappa shape index (κ2) is 6.69. The minimum Gasteiger partial charge on any atom is -0.481 e. The fourth-order valence-electron chi connectivity index (χ4n) is 1.88. The first kappa shape index (κ1) is 14.8. The highest BCUT2D eigenvalue weighted by Gasteiger charge is 2.08. The summed E-state index contributed by atoms with van der Waals surface area (Å²) in [6.07, 6.45) is 2.14. The molecule has 2 rings (SSSR count). The summed E-state index contributed by atoms with van der Waals surface area (Å²) in [5.74, 6) is -1.12. The lowest BCUT2D eigenvalue weighted by molar-refractivity contribution is -0.137. The van der Waals surface area contributed by atoms with Gasteiger partial charge in [0.25, 0.3) is 0 Å². The van der Waals surface area contributed by atoms with E-state index in [0.717, 1.165) is 0 Å². The van der Waals surface area contributed by atoms with E-state index in [1.54, 1.807) is 24.4 Å². The van der Waals surface area contributed by atoms with E-state index in [-0.39, 0.29) is 31.0 Å². The molecule has 0 saturated carbocycles. The van der Waals surface area contributed by atoms with Gasteiger partial charge < -0.3 is 10.4 Å². The first-order valence-electron chi connectivity index (χ1n) is 6.60. The molecular formula is C13H16N4O4. The lowest BCUT2D eigenvalue weighted by Crippen LogP contribution is -2.28. The Kier molecular flexibility index (Phi) is 4.70. The van der Waals surface area contributed by atoms with Crippen LogP contribution in [0.15, 0.2) is 29.2 Å². The average Bonchev–Trinajstić information content (AvgIpc) is 2.78. The van der Waals surface area contributed by atoms with Crippen LogP contribution in [0.1, 0.15) is 19.3 Å². The largest absolute Gasteiger partial charge is 0.481 e. The Hall–Kier alpha value is -2.64. The molecule has 0 fully saturated rings. The van der Waals surface area contributed by atoms with E-state index in [1.807, 2.05) is 0 Å². The van der Waals surface area contributed by atoms with Crippen LogP contribution in [0, 0.1) is 0 Å². The molecule has 2 aromatic rings. The molecule has 0 aromatic carbocycles. The number of fused-ring (bicyclic) bond motifs is 1. The van der Waals surface area contributed by atoms with E-state index in [2.05, 4.69) is 10.4 Å². The van der Waals surface area contributed by atoms with Crippen LogP contribution in [-0.2, 0) is 16.1 Å². The van der Waals surface area contributed by atoms with Crippen LogP contribution >= 0.6 is 0 Å². The molecule has 0 aliphatic carbocycles. The van der Waals surface area contributed by atoms with Crippen molar-refractivity contribution >= 4 is 17.5 Å². The fourth-order valence-corrected chi connectivity index (χ4v) is 1.88. The average molecular weight is 292 g/mol. The zero-order valence-electron chi connectivity index (χ0n) is 11.4. The third-order valence-corrected chi connectivity index (χ3v) is 2.93. The number of amides is 1. The van der Waals surface area contributed by atoms with Crippen molar-refractivity contribution in [2.75, 3.05) is 6.54 Å². The van der Waals surface area contributed by atoms with Crippen molar-refractivity contribution in [3.8, 4) is 0 Å². The van der Waals surface area contributed by atoms with Gasteiger partial charge in [0.05, 0.1) is 6.54 Å². The van der Waals surface area contributed by atoms with Crippen molar-refractivity contribution in [1.82, 2.24) is 19.5 Å². The van der Waals surface area contributed by atoms with Crippen molar-refractivity contribution in [3.63, 3.8) is 0 Å². The molecule has 2 heterocycles. The Morgan fingerprint density at radius 2 is 2.10 bits per heavy atom. The Balaban J connectivity index is 1.84. The van der Waals surface area contributed by atoms with Crippen LogP contribution in [0.2, 0.25) is 0 Å². The number of nitrogens with zero attached hydrogens (tertiary/aromatic N) is 3. The van der Waals surface area contributed by atoms with Crippen molar-refractivity contribution in [3.05, 3.63) is 34.9 Å². The van der Waals surface area contributed by atoms with E-state index in [0.29, 0.717) is 18.6 Å².